The Morgan fingerprint density at radius 1 is 1.40 bits per heavy atom. The molecule has 0 aliphatic carbocycles. The minimum absolute atomic E-state index is 0.168. The lowest BCUT2D eigenvalue weighted by Gasteiger charge is -2.13. The largest absolute Gasteiger partial charge is 0.370 e. The third-order valence-electron chi connectivity index (χ3n) is 1.35. The van der Waals surface area contributed by atoms with Gasteiger partial charge in [0, 0.05) is 14.5 Å². The Balaban J connectivity index is 3.29. The molecular formula is C7H17NOSi. The Hall–Kier alpha value is -0.313. The zero-order chi connectivity index (χ0) is 8.20. The molecule has 0 unspecified atom stereocenters. The van der Waals surface area contributed by atoms with Gasteiger partial charge in [-0.15, -0.1) is 0 Å². The van der Waals surface area contributed by atoms with Crippen molar-refractivity contribution in [3.63, 3.8) is 0 Å². The van der Waals surface area contributed by atoms with Crippen LogP contribution in [0.1, 0.15) is 12.8 Å². The lowest BCUT2D eigenvalue weighted by Crippen LogP contribution is -2.20. The number of carbonyl (C=O) groups is 1. The molecule has 0 spiro atoms. The zero-order valence-corrected chi connectivity index (χ0v) is 8.11. The van der Waals surface area contributed by atoms with Gasteiger partial charge >= 0.3 is 0 Å². The zero-order valence-electron chi connectivity index (χ0n) is 7.11. The monoisotopic (exact) mass is 159 g/mol. The summed E-state index contributed by atoms with van der Waals surface area (Å²) >= 11 is 0. The van der Waals surface area contributed by atoms with Crippen LogP contribution in [0.15, 0.2) is 0 Å². The van der Waals surface area contributed by atoms with Crippen molar-refractivity contribution < 1.29 is 4.79 Å². The van der Waals surface area contributed by atoms with Gasteiger partial charge in [0.1, 0.15) is 0 Å². The highest BCUT2D eigenvalue weighted by Gasteiger charge is 2.12. The maximum absolute atomic E-state index is 10.3. The van der Waals surface area contributed by atoms with Crippen LogP contribution in [0.4, 0.5) is 0 Å². The maximum Gasteiger partial charge on any atom is 0.217 e. The number of nitrogens with two attached hydrogens (primary N) is 1. The molecule has 1 amide bonds. The summed E-state index contributed by atoms with van der Waals surface area (Å²) < 4.78 is 0. The summed E-state index contributed by atoms with van der Waals surface area (Å²) in [7, 11) is -0.932. The molecule has 0 radical (unpaired) electrons. The van der Waals surface area contributed by atoms with E-state index in [1.807, 2.05) is 0 Å². The summed E-state index contributed by atoms with van der Waals surface area (Å²) in [6.07, 6.45) is 1.54. The van der Waals surface area contributed by atoms with Gasteiger partial charge in [0.2, 0.25) is 5.91 Å². The Labute approximate surface area is 63.8 Å². The normalized spacial score (nSPS) is 11.5. The van der Waals surface area contributed by atoms with E-state index in [1.165, 1.54) is 6.04 Å². The van der Waals surface area contributed by atoms with Gasteiger partial charge < -0.3 is 5.73 Å². The van der Waals surface area contributed by atoms with Gasteiger partial charge in [0.25, 0.3) is 0 Å². The van der Waals surface area contributed by atoms with Gasteiger partial charge in [-0.25, -0.2) is 0 Å². The highest BCUT2D eigenvalue weighted by Crippen LogP contribution is 2.11. The van der Waals surface area contributed by atoms with Crippen LogP contribution in [0.2, 0.25) is 25.7 Å². The predicted molar refractivity (Wildman–Crippen MR) is 46.6 cm³/mol. The third-order valence-corrected chi connectivity index (χ3v) is 3.20. The van der Waals surface area contributed by atoms with Crippen molar-refractivity contribution in [3.8, 4) is 0 Å². The molecule has 0 atom stereocenters. The molecule has 0 aromatic heterocycles. The van der Waals surface area contributed by atoms with Gasteiger partial charge in [0.05, 0.1) is 0 Å². The van der Waals surface area contributed by atoms with Gasteiger partial charge in [-0.1, -0.05) is 25.7 Å². The van der Waals surface area contributed by atoms with E-state index in [9.17, 15) is 4.79 Å². The second kappa shape index (κ2) is 3.76. The average molecular weight is 159 g/mol. The molecule has 0 aromatic rings. The first kappa shape index (κ1) is 9.69. The molecule has 0 aliphatic heterocycles. The number of hydrogen-bond acceptors (Lipinski definition) is 1. The molecule has 0 heterocycles. The quantitative estimate of drug-likeness (QED) is 0.622. The number of hydrogen-bond donors (Lipinski definition) is 1. The maximum atomic E-state index is 10.3. The van der Waals surface area contributed by atoms with Crippen molar-refractivity contribution in [3.05, 3.63) is 0 Å². The highest BCUT2D eigenvalue weighted by atomic mass is 28.3. The van der Waals surface area contributed by atoms with Crippen molar-refractivity contribution in [1.82, 2.24) is 0 Å². The summed E-state index contributed by atoms with van der Waals surface area (Å²) in [6, 6.07) is 1.20. The van der Waals surface area contributed by atoms with Gasteiger partial charge in [-0.05, 0) is 6.42 Å². The molecule has 0 saturated carbocycles. The molecule has 2 N–H and O–H groups in total. The first-order valence-corrected chi connectivity index (χ1v) is 7.41. The average Bonchev–Trinajstić information content (AvgIpc) is 1.59. The number of primary amides is 1. The van der Waals surface area contributed by atoms with E-state index in [0.717, 1.165) is 6.42 Å². The van der Waals surface area contributed by atoms with Crippen molar-refractivity contribution in [2.75, 3.05) is 0 Å². The molecule has 0 rings (SSSR count). The van der Waals surface area contributed by atoms with Crippen LogP contribution in [0.25, 0.3) is 0 Å². The molecule has 0 aliphatic rings. The molecule has 0 saturated heterocycles. The Bertz CT molecular complexity index is 117. The van der Waals surface area contributed by atoms with Gasteiger partial charge in [0.15, 0.2) is 0 Å². The minimum atomic E-state index is -0.932. The third kappa shape index (κ3) is 7.69. The molecule has 0 aromatic carbocycles. The summed E-state index contributed by atoms with van der Waals surface area (Å²) in [4.78, 5) is 10.3. The second-order valence-corrected chi connectivity index (χ2v) is 9.50. The summed E-state index contributed by atoms with van der Waals surface area (Å²) in [5.74, 6) is -0.168. The smallest absolute Gasteiger partial charge is 0.217 e. The topological polar surface area (TPSA) is 43.1 Å². The van der Waals surface area contributed by atoms with Crippen LogP contribution in [0.5, 0.6) is 0 Å². The lowest BCUT2D eigenvalue weighted by molar-refractivity contribution is -0.118. The van der Waals surface area contributed by atoms with Crippen LogP contribution in [0, 0.1) is 0 Å². The molecule has 3 heteroatoms. The number of carbonyl (C=O) groups excluding carboxylic acids is 1. The Morgan fingerprint density at radius 2 is 1.90 bits per heavy atom. The van der Waals surface area contributed by atoms with Crippen LogP contribution in [0.3, 0.4) is 0 Å². The van der Waals surface area contributed by atoms with E-state index >= 15 is 0 Å². The Kier molecular flexibility index (Phi) is 3.64. The van der Waals surface area contributed by atoms with E-state index in [2.05, 4.69) is 19.6 Å². The summed E-state index contributed by atoms with van der Waals surface area (Å²) in [5, 5.41) is 0. The van der Waals surface area contributed by atoms with E-state index < -0.39 is 8.07 Å². The fourth-order valence-electron chi connectivity index (χ4n) is 0.793. The van der Waals surface area contributed by atoms with Gasteiger partial charge in [-0.2, -0.15) is 0 Å². The van der Waals surface area contributed by atoms with Crippen LogP contribution < -0.4 is 5.73 Å². The number of rotatable bonds is 4. The molecule has 2 nitrogen and oxygen atoms in total. The highest BCUT2D eigenvalue weighted by molar-refractivity contribution is 6.76. The first-order valence-electron chi connectivity index (χ1n) is 3.70. The summed E-state index contributed by atoms with van der Waals surface area (Å²) in [6.45, 7) is 6.90. The molecule has 0 bridgehead atoms. The van der Waals surface area contributed by atoms with Crippen molar-refractivity contribution in [1.29, 1.82) is 0 Å². The van der Waals surface area contributed by atoms with E-state index in [4.69, 9.17) is 5.73 Å². The fourth-order valence-corrected chi connectivity index (χ4v) is 2.03. The summed E-state index contributed by atoms with van der Waals surface area (Å²) in [5.41, 5.74) is 5.00. The fraction of sp³-hybridized carbons (Fsp3) is 0.857. The lowest BCUT2D eigenvalue weighted by atomic mass is 10.3. The van der Waals surface area contributed by atoms with Gasteiger partial charge in [-0.3, -0.25) is 4.79 Å². The van der Waals surface area contributed by atoms with E-state index in [1.54, 1.807) is 0 Å². The molecular weight excluding hydrogens is 142 g/mol. The van der Waals surface area contributed by atoms with Crippen LogP contribution >= 0.6 is 0 Å². The Morgan fingerprint density at radius 3 is 2.20 bits per heavy atom. The van der Waals surface area contributed by atoms with E-state index in [0.29, 0.717) is 6.42 Å². The number of amides is 1. The van der Waals surface area contributed by atoms with Crippen LogP contribution in [-0.2, 0) is 4.79 Å². The van der Waals surface area contributed by atoms with Crippen LogP contribution in [-0.4, -0.2) is 14.0 Å². The predicted octanol–water partition coefficient (Wildman–Crippen LogP) is 1.59. The van der Waals surface area contributed by atoms with E-state index in [-0.39, 0.29) is 5.91 Å². The molecule has 0 fully saturated rings. The SMILES string of the molecule is C[Si](C)(C)CCCC(N)=O. The molecule has 10 heavy (non-hydrogen) atoms. The van der Waals surface area contributed by atoms with Crippen molar-refractivity contribution >= 4 is 14.0 Å². The van der Waals surface area contributed by atoms with Crippen molar-refractivity contribution in [2.24, 2.45) is 5.73 Å². The van der Waals surface area contributed by atoms with Crippen molar-refractivity contribution in [2.45, 2.75) is 38.5 Å². The standard InChI is InChI=1S/C7H17NOSi/c1-10(2,3)6-4-5-7(8)9/h4-6H2,1-3H3,(H2,8,9). The first-order chi connectivity index (χ1) is 4.42. The molecule has 60 valence electrons. The second-order valence-electron chi connectivity index (χ2n) is 3.88. The minimum Gasteiger partial charge on any atom is -0.370 e.